The summed E-state index contributed by atoms with van der Waals surface area (Å²) < 4.78 is 0. The van der Waals surface area contributed by atoms with E-state index in [0.717, 1.165) is 0 Å². The number of aliphatic carboxylic acids is 1. The summed E-state index contributed by atoms with van der Waals surface area (Å²) in [5.41, 5.74) is -0.204. The number of aliphatic hydroxyl groups excluding tert-OH is 1. The molecule has 0 aromatic rings. The molecule has 0 saturated carbocycles. The SMILES string of the molecule is C=C/C=C(O)\C(=C/C=C)C(=O)O. The van der Waals surface area contributed by atoms with Crippen molar-refractivity contribution in [2.45, 2.75) is 0 Å². The Labute approximate surface area is 70.7 Å². The van der Waals surface area contributed by atoms with E-state index in [1.54, 1.807) is 0 Å². The third kappa shape index (κ3) is 2.88. The highest BCUT2D eigenvalue weighted by molar-refractivity contribution is 5.91. The topological polar surface area (TPSA) is 57.5 Å². The fraction of sp³-hybridized carbons (Fsp3) is 0. The van der Waals surface area contributed by atoms with Gasteiger partial charge in [-0.15, -0.1) is 0 Å². The Morgan fingerprint density at radius 2 is 1.58 bits per heavy atom. The zero-order valence-corrected chi connectivity index (χ0v) is 6.53. The normalized spacial score (nSPS) is 12.3. The zero-order chi connectivity index (χ0) is 9.56. The van der Waals surface area contributed by atoms with Gasteiger partial charge in [0.2, 0.25) is 0 Å². The van der Waals surface area contributed by atoms with Crippen molar-refractivity contribution >= 4 is 5.97 Å². The smallest absolute Gasteiger partial charge is 0.339 e. The second kappa shape index (κ2) is 4.96. The fourth-order valence-electron chi connectivity index (χ4n) is 0.585. The summed E-state index contributed by atoms with van der Waals surface area (Å²) in [6.45, 7) is 6.64. The Morgan fingerprint density at radius 1 is 1.08 bits per heavy atom. The van der Waals surface area contributed by atoms with E-state index in [2.05, 4.69) is 13.2 Å². The molecule has 0 spiro atoms. The third-order valence-electron chi connectivity index (χ3n) is 1.07. The lowest BCUT2D eigenvalue weighted by Gasteiger charge is -1.97. The van der Waals surface area contributed by atoms with Gasteiger partial charge in [0.1, 0.15) is 11.3 Å². The van der Waals surface area contributed by atoms with Crippen LogP contribution in [-0.2, 0) is 4.79 Å². The van der Waals surface area contributed by atoms with Gasteiger partial charge >= 0.3 is 5.97 Å². The highest BCUT2D eigenvalue weighted by atomic mass is 16.4. The summed E-state index contributed by atoms with van der Waals surface area (Å²) in [5.74, 6) is -1.54. The molecule has 0 saturated heterocycles. The first-order valence-corrected chi connectivity index (χ1v) is 3.21. The molecule has 0 bridgehead atoms. The van der Waals surface area contributed by atoms with E-state index in [-0.39, 0.29) is 11.3 Å². The summed E-state index contributed by atoms with van der Waals surface area (Å²) in [6.07, 6.45) is 4.99. The van der Waals surface area contributed by atoms with Crippen molar-refractivity contribution in [3.05, 3.63) is 48.8 Å². The molecule has 0 aromatic carbocycles. The molecule has 0 atom stereocenters. The Morgan fingerprint density at radius 3 is 1.92 bits per heavy atom. The molecule has 0 radical (unpaired) electrons. The molecule has 2 N–H and O–H groups in total. The molecule has 3 nitrogen and oxygen atoms in total. The van der Waals surface area contributed by atoms with Crippen molar-refractivity contribution in [2.75, 3.05) is 0 Å². The lowest BCUT2D eigenvalue weighted by molar-refractivity contribution is -0.132. The van der Waals surface area contributed by atoms with E-state index in [0.29, 0.717) is 0 Å². The molecule has 0 amide bonds. The maximum absolute atomic E-state index is 10.5. The predicted molar refractivity (Wildman–Crippen MR) is 46.8 cm³/mol. The zero-order valence-electron chi connectivity index (χ0n) is 6.53. The fourth-order valence-corrected chi connectivity index (χ4v) is 0.585. The van der Waals surface area contributed by atoms with Gasteiger partial charge in [-0.2, -0.15) is 0 Å². The van der Waals surface area contributed by atoms with Crippen LogP contribution in [0.2, 0.25) is 0 Å². The molecule has 0 rings (SSSR count). The van der Waals surface area contributed by atoms with Crippen LogP contribution in [0.25, 0.3) is 0 Å². The van der Waals surface area contributed by atoms with Gasteiger partial charge < -0.3 is 10.2 Å². The van der Waals surface area contributed by atoms with Crippen molar-refractivity contribution < 1.29 is 15.0 Å². The van der Waals surface area contributed by atoms with Gasteiger partial charge in [-0.1, -0.05) is 25.3 Å². The van der Waals surface area contributed by atoms with Gasteiger partial charge in [0.05, 0.1) is 0 Å². The molecule has 0 fully saturated rings. The maximum Gasteiger partial charge on any atom is 0.339 e. The summed E-state index contributed by atoms with van der Waals surface area (Å²) >= 11 is 0. The van der Waals surface area contributed by atoms with Crippen LogP contribution in [0.3, 0.4) is 0 Å². The van der Waals surface area contributed by atoms with Crippen LogP contribution >= 0.6 is 0 Å². The molecule has 0 aliphatic heterocycles. The van der Waals surface area contributed by atoms with E-state index in [1.807, 2.05) is 0 Å². The average Bonchev–Trinajstić information content (AvgIpc) is 1.99. The molecule has 0 aliphatic carbocycles. The van der Waals surface area contributed by atoms with E-state index in [1.165, 1.54) is 24.3 Å². The molecular formula is C9H10O3. The first-order valence-electron chi connectivity index (χ1n) is 3.21. The number of aliphatic hydroxyl groups is 1. The minimum absolute atomic E-state index is 0.204. The highest BCUT2D eigenvalue weighted by Gasteiger charge is 2.09. The van der Waals surface area contributed by atoms with Gasteiger partial charge in [0, 0.05) is 0 Å². The van der Waals surface area contributed by atoms with E-state index in [9.17, 15) is 4.79 Å². The van der Waals surface area contributed by atoms with E-state index < -0.39 is 5.97 Å². The minimum Gasteiger partial charge on any atom is -0.507 e. The number of rotatable bonds is 4. The Hall–Kier alpha value is -1.77. The summed E-state index contributed by atoms with van der Waals surface area (Å²) in [6, 6.07) is 0. The summed E-state index contributed by atoms with van der Waals surface area (Å²) in [4.78, 5) is 10.5. The number of hydrogen-bond donors (Lipinski definition) is 2. The standard InChI is InChI=1S/C9H10O3/c1-3-5-7(9(11)12)8(10)6-4-2/h3-6,10H,1-2H2,(H,11,12)/b7-5+,8-6+. The van der Waals surface area contributed by atoms with Crippen LogP contribution in [0.1, 0.15) is 0 Å². The third-order valence-corrected chi connectivity index (χ3v) is 1.07. The van der Waals surface area contributed by atoms with Crippen molar-refractivity contribution in [3.8, 4) is 0 Å². The quantitative estimate of drug-likeness (QED) is 0.380. The second-order valence-corrected chi connectivity index (χ2v) is 1.91. The Balaban J connectivity index is 4.87. The number of carboxylic acids is 1. The molecule has 0 aromatic heterocycles. The predicted octanol–water partition coefficient (Wildman–Crippen LogP) is 1.81. The summed E-state index contributed by atoms with van der Waals surface area (Å²) in [7, 11) is 0. The minimum atomic E-state index is -1.20. The first-order chi connectivity index (χ1) is 5.63. The van der Waals surface area contributed by atoms with Crippen molar-refractivity contribution in [3.63, 3.8) is 0 Å². The first kappa shape index (κ1) is 10.2. The number of carbonyl (C=O) groups is 1. The van der Waals surface area contributed by atoms with Crippen LogP contribution in [0.4, 0.5) is 0 Å². The van der Waals surface area contributed by atoms with Crippen molar-refractivity contribution in [2.24, 2.45) is 0 Å². The number of allylic oxidation sites excluding steroid dienone is 4. The molecule has 64 valence electrons. The van der Waals surface area contributed by atoms with E-state index in [4.69, 9.17) is 10.2 Å². The second-order valence-electron chi connectivity index (χ2n) is 1.91. The molecule has 3 heteroatoms. The molecule has 0 unspecified atom stereocenters. The molecule has 12 heavy (non-hydrogen) atoms. The van der Waals surface area contributed by atoms with Gasteiger partial charge in [0.15, 0.2) is 0 Å². The van der Waals surface area contributed by atoms with E-state index >= 15 is 0 Å². The average molecular weight is 166 g/mol. The van der Waals surface area contributed by atoms with Crippen LogP contribution in [0.15, 0.2) is 48.8 Å². The highest BCUT2D eigenvalue weighted by Crippen LogP contribution is 2.06. The number of carboxylic acid groups (broad SMARTS) is 1. The monoisotopic (exact) mass is 166 g/mol. The van der Waals surface area contributed by atoms with Crippen molar-refractivity contribution in [1.29, 1.82) is 0 Å². The van der Waals surface area contributed by atoms with Gasteiger partial charge in [-0.05, 0) is 12.2 Å². The lowest BCUT2D eigenvalue weighted by Crippen LogP contribution is -2.02. The van der Waals surface area contributed by atoms with Crippen LogP contribution < -0.4 is 0 Å². The van der Waals surface area contributed by atoms with Gasteiger partial charge in [-0.3, -0.25) is 0 Å². The molecule has 0 aliphatic rings. The lowest BCUT2D eigenvalue weighted by atomic mass is 10.2. The van der Waals surface area contributed by atoms with Crippen LogP contribution in [0, 0.1) is 0 Å². The molecular weight excluding hydrogens is 156 g/mol. The van der Waals surface area contributed by atoms with Crippen LogP contribution in [0.5, 0.6) is 0 Å². The largest absolute Gasteiger partial charge is 0.507 e. The van der Waals surface area contributed by atoms with Crippen LogP contribution in [-0.4, -0.2) is 16.2 Å². The molecule has 0 heterocycles. The Kier molecular flexibility index (Phi) is 4.23. The summed E-state index contributed by atoms with van der Waals surface area (Å²) in [5, 5.41) is 17.7. The van der Waals surface area contributed by atoms with Gasteiger partial charge in [-0.25, -0.2) is 4.79 Å². The van der Waals surface area contributed by atoms with Crippen molar-refractivity contribution in [1.82, 2.24) is 0 Å². The maximum atomic E-state index is 10.5. The number of hydrogen-bond acceptors (Lipinski definition) is 2. The van der Waals surface area contributed by atoms with Gasteiger partial charge in [0.25, 0.3) is 0 Å². The Bertz CT molecular complexity index is 259.